The molecule has 0 spiro atoms. The summed E-state index contributed by atoms with van der Waals surface area (Å²) >= 11 is 0. The summed E-state index contributed by atoms with van der Waals surface area (Å²) in [6.45, 7) is 1.01. The third kappa shape index (κ3) is 4.70. The van der Waals surface area contributed by atoms with E-state index in [-0.39, 0.29) is 17.8 Å². The molecule has 2 unspecified atom stereocenters. The van der Waals surface area contributed by atoms with Crippen LogP contribution < -0.4 is 20.3 Å². The van der Waals surface area contributed by atoms with Crippen molar-refractivity contribution in [3.63, 3.8) is 0 Å². The first-order chi connectivity index (χ1) is 14.1. The number of carbonyl (C=O) groups excluding carboxylic acids is 1. The normalized spacial score (nSPS) is 25.9. The molecule has 4 rings (SSSR count). The van der Waals surface area contributed by atoms with Gasteiger partial charge in [0, 0.05) is 24.4 Å². The number of urea groups is 1. The molecule has 2 amide bonds. The van der Waals surface area contributed by atoms with E-state index in [1.54, 1.807) is 30.2 Å². The Labute approximate surface area is 171 Å². The Morgan fingerprint density at radius 2 is 1.79 bits per heavy atom. The van der Waals surface area contributed by atoms with Gasteiger partial charge in [-0.15, -0.1) is 0 Å². The van der Waals surface area contributed by atoms with Gasteiger partial charge in [0.05, 0.1) is 24.9 Å². The smallest absolute Gasteiger partial charge is 0.319 e. The summed E-state index contributed by atoms with van der Waals surface area (Å²) < 4.78 is 19.0. The lowest BCUT2D eigenvalue weighted by Crippen LogP contribution is -3.20. The SMILES string of the molecule is COc1ccc(C[NH+]2[C@@H]3CCC[C@H]2CC(NC(=O)Nc2ccccc2F)C3)cc1. The molecule has 154 valence electrons. The standard InChI is InChI=1S/C23H28FN3O2/c1-29-20-11-9-16(10-12-20)15-27-18-5-4-6-19(27)14-17(13-18)25-23(28)26-22-8-3-2-7-21(22)24/h2-3,7-12,17-19H,4-6,13-15H2,1H3,(H2,25,26,28)/p+1/t17?,18-,19+. The number of nitrogens with one attached hydrogen (secondary N) is 3. The van der Waals surface area contributed by atoms with Crippen LogP contribution in [-0.4, -0.2) is 31.3 Å². The Morgan fingerprint density at radius 1 is 1.10 bits per heavy atom. The Balaban J connectivity index is 1.36. The van der Waals surface area contributed by atoms with E-state index in [1.165, 1.54) is 30.9 Å². The number of ether oxygens (including phenoxy) is 1. The van der Waals surface area contributed by atoms with Crippen molar-refractivity contribution in [2.24, 2.45) is 0 Å². The van der Waals surface area contributed by atoms with Gasteiger partial charge in [0.1, 0.15) is 18.1 Å². The first-order valence-electron chi connectivity index (χ1n) is 10.4. The predicted octanol–water partition coefficient (Wildman–Crippen LogP) is 3.12. The van der Waals surface area contributed by atoms with Crippen molar-refractivity contribution in [3.8, 4) is 5.75 Å². The highest BCUT2D eigenvalue weighted by atomic mass is 19.1. The van der Waals surface area contributed by atoms with Crippen LogP contribution in [0, 0.1) is 5.82 Å². The minimum Gasteiger partial charge on any atom is -0.497 e. The number of benzene rings is 2. The lowest BCUT2D eigenvalue weighted by atomic mass is 9.81. The molecule has 2 aromatic rings. The number of halogens is 1. The number of piperidine rings is 2. The molecule has 0 radical (unpaired) electrons. The number of amides is 2. The van der Waals surface area contributed by atoms with E-state index in [4.69, 9.17) is 4.74 Å². The molecule has 4 atom stereocenters. The fourth-order valence-electron chi connectivity index (χ4n) is 4.93. The number of hydrogen-bond donors (Lipinski definition) is 3. The van der Waals surface area contributed by atoms with E-state index in [1.807, 2.05) is 12.1 Å². The fraction of sp³-hybridized carbons (Fsp3) is 0.435. The second-order valence-corrected chi connectivity index (χ2v) is 8.17. The molecule has 2 bridgehead atoms. The summed E-state index contributed by atoms with van der Waals surface area (Å²) in [4.78, 5) is 14.0. The molecule has 2 aliphatic heterocycles. The summed E-state index contributed by atoms with van der Waals surface area (Å²) in [6.07, 6.45) is 5.57. The number of rotatable bonds is 5. The van der Waals surface area contributed by atoms with Crippen molar-refractivity contribution in [2.45, 2.75) is 56.8 Å². The van der Waals surface area contributed by atoms with Crippen LogP contribution in [0.5, 0.6) is 5.75 Å². The summed E-state index contributed by atoms with van der Waals surface area (Å²) in [7, 11) is 1.69. The zero-order valence-electron chi connectivity index (χ0n) is 16.8. The zero-order valence-corrected chi connectivity index (χ0v) is 16.8. The summed E-state index contributed by atoms with van der Waals surface area (Å²) in [5.41, 5.74) is 1.54. The van der Waals surface area contributed by atoms with Crippen LogP contribution >= 0.6 is 0 Å². The number of para-hydroxylation sites is 1. The maximum atomic E-state index is 13.8. The van der Waals surface area contributed by atoms with Crippen molar-refractivity contribution in [1.82, 2.24) is 5.32 Å². The average molecular weight is 399 g/mol. The molecule has 29 heavy (non-hydrogen) atoms. The topological polar surface area (TPSA) is 54.8 Å². The molecule has 0 aromatic heterocycles. The Hall–Kier alpha value is -2.60. The molecule has 2 heterocycles. The second-order valence-electron chi connectivity index (χ2n) is 8.17. The van der Waals surface area contributed by atoms with Gasteiger partial charge in [-0.25, -0.2) is 9.18 Å². The maximum Gasteiger partial charge on any atom is 0.319 e. The predicted molar refractivity (Wildman–Crippen MR) is 111 cm³/mol. The van der Waals surface area contributed by atoms with Crippen LogP contribution in [0.1, 0.15) is 37.7 Å². The van der Waals surface area contributed by atoms with E-state index in [0.29, 0.717) is 12.1 Å². The van der Waals surface area contributed by atoms with Gasteiger partial charge in [-0.05, 0) is 55.7 Å². The average Bonchev–Trinajstić information content (AvgIpc) is 2.71. The molecular weight excluding hydrogens is 369 g/mol. The molecule has 2 saturated heterocycles. The maximum absolute atomic E-state index is 13.8. The van der Waals surface area contributed by atoms with E-state index in [0.717, 1.165) is 25.1 Å². The van der Waals surface area contributed by atoms with Crippen LogP contribution in [0.15, 0.2) is 48.5 Å². The quantitative estimate of drug-likeness (QED) is 0.725. The Morgan fingerprint density at radius 3 is 2.45 bits per heavy atom. The van der Waals surface area contributed by atoms with Gasteiger partial charge in [-0.3, -0.25) is 0 Å². The molecular formula is C23H29FN3O2+. The van der Waals surface area contributed by atoms with Crippen LogP contribution in [0.25, 0.3) is 0 Å². The van der Waals surface area contributed by atoms with Crippen molar-refractivity contribution in [2.75, 3.05) is 12.4 Å². The van der Waals surface area contributed by atoms with Crippen LogP contribution in [0.3, 0.4) is 0 Å². The minimum atomic E-state index is -0.418. The number of anilines is 1. The van der Waals surface area contributed by atoms with Crippen LogP contribution in [-0.2, 0) is 6.54 Å². The molecule has 2 aliphatic rings. The lowest BCUT2D eigenvalue weighted by Gasteiger charge is -2.46. The van der Waals surface area contributed by atoms with Crippen molar-refractivity contribution in [3.05, 3.63) is 59.9 Å². The van der Waals surface area contributed by atoms with Gasteiger partial charge in [-0.1, -0.05) is 12.1 Å². The van der Waals surface area contributed by atoms with Gasteiger partial charge < -0.3 is 20.3 Å². The number of methoxy groups -OCH3 is 1. The van der Waals surface area contributed by atoms with E-state index < -0.39 is 5.82 Å². The molecule has 5 nitrogen and oxygen atoms in total. The Kier molecular flexibility index (Phi) is 6.00. The molecule has 0 aliphatic carbocycles. The van der Waals surface area contributed by atoms with Gasteiger partial charge in [0.2, 0.25) is 0 Å². The molecule has 3 N–H and O–H groups in total. The third-order valence-electron chi connectivity index (χ3n) is 6.32. The number of fused-ring (bicyclic) bond motifs is 2. The van der Waals surface area contributed by atoms with Gasteiger partial charge >= 0.3 is 6.03 Å². The Bertz CT molecular complexity index is 828. The van der Waals surface area contributed by atoms with E-state index >= 15 is 0 Å². The van der Waals surface area contributed by atoms with Crippen LogP contribution in [0.2, 0.25) is 0 Å². The van der Waals surface area contributed by atoms with Gasteiger partial charge in [0.15, 0.2) is 0 Å². The van der Waals surface area contributed by atoms with Crippen molar-refractivity contribution < 1.29 is 18.8 Å². The van der Waals surface area contributed by atoms with Crippen molar-refractivity contribution >= 4 is 11.7 Å². The third-order valence-corrected chi connectivity index (χ3v) is 6.32. The highest BCUT2D eigenvalue weighted by Gasteiger charge is 2.42. The van der Waals surface area contributed by atoms with Crippen LogP contribution in [0.4, 0.5) is 14.9 Å². The first-order valence-corrected chi connectivity index (χ1v) is 10.4. The van der Waals surface area contributed by atoms with E-state index in [2.05, 4.69) is 22.8 Å². The van der Waals surface area contributed by atoms with Crippen molar-refractivity contribution in [1.29, 1.82) is 0 Å². The fourth-order valence-corrected chi connectivity index (χ4v) is 4.93. The highest BCUT2D eigenvalue weighted by molar-refractivity contribution is 5.89. The largest absolute Gasteiger partial charge is 0.497 e. The van der Waals surface area contributed by atoms with Gasteiger partial charge in [0.25, 0.3) is 0 Å². The van der Waals surface area contributed by atoms with Gasteiger partial charge in [-0.2, -0.15) is 0 Å². The number of carbonyl (C=O) groups is 1. The monoisotopic (exact) mass is 398 g/mol. The summed E-state index contributed by atoms with van der Waals surface area (Å²) in [6, 6.07) is 15.5. The minimum absolute atomic E-state index is 0.136. The van der Waals surface area contributed by atoms with E-state index in [9.17, 15) is 9.18 Å². The summed E-state index contributed by atoms with van der Waals surface area (Å²) in [5.74, 6) is 0.464. The lowest BCUT2D eigenvalue weighted by molar-refractivity contribution is -0.973. The molecule has 2 fully saturated rings. The summed E-state index contributed by atoms with van der Waals surface area (Å²) in [5, 5.41) is 5.72. The molecule has 0 saturated carbocycles. The second kappa shape index (κ2) is 8.82. The zero-order chi connectivity index (χ0) is 20.2. The highest BCUT2D eigenvalue weighted by Crippen LogP contribution is 2.23. The molecule has 2 aromatic carbocycles. The number of quaternary nitrogens is 1. The number of hydrogen-bond acceptors (Lipinski definition) is 2. The first kappa shape index (κ1) is 19.7. The molecule has 6 heteroatoms.